The highest BCUT2D eigenvalue weighted by Gasteiger charge is 2.26. The molecule has 2 aliphatic rings. The average molecular weight is 248 g/mol. The maximum absolute atomic E-state index is 8.83. The minimum Gasteiger partial charge on any atom is -0.393 e. The van der Waals surface area contributed by atoms with Crippen molar-refractivity contribution in [3.05, 3.63) is 0 Å². The van der Waals surface area contributed by atoms with Crippen LogP contribution >= 0.6 is 0 Å². The molecule has 2 heterocycles. The largest absolute Gasteiger partial charge is 0.393 e. The first-order chi connectivity index (χ1) is 8.00. The van der Waals surface area contributed by atoms with E-state index in [4.69, 9.17) is 24.4 Å². The Labute approximate surface area is 103 Å². The van der Waals surface area contributed by atoms with Crippen LogP contribution in [0.15, 0.2) is 0 Å². The van der Waals surface area contributed by atoms with Crippen molar-refractivity contribution in [3.8, 4) is 0 Å². The lowest BCUT2D eigenvalue weighted by Crippen LogP contribution is -2.24. The number of hydrogen-bond acceptors (Lipinski definition) is 5. The predicted octanol–water partition coefficient (Wildman–Crippen LogP) is 0.185. The lowest BCUT2D eigenvalue weighted by molar-refractivity contribution is 0.0420. The second-order valence-electron chi connectivity index (χ2n) is 4.79. The second kappa shape index (κ2) is 7.28. The summed E-state index contributed by atoms with van der Waals surface area (Å²) in [5, 5.41) is 17.7. The molecule has 4 unspecified atom stereocenters. The van der Waals surface area contributed by atoms with E-state index in [0.717, 1.165) is 26.4 Å². The molecule has 2 aliphatic heterocycles. The molecule has 0 bridgehead atoms. The van der Waals surface area contributed by atoms with Crippen LogP contribution in [0.25, 0.3) is 0 Å². The highest BCUT2D eigenvalue weighted by atomic mass is 16.6. The fourth-order valence-corrected chi connectivity index (χ4v) is 1.06. The summed E-state index contributed by atoms with van der Waals surface area (Å²) in [4.78, 5) is 0. The fourth-order valence-electron chi connectivity index (χ4n) is 1.06. The normalized spacial score (nSPS) is 30.9. The van der Waals surface area contributed by atoms with E-state index in [9.17, 15) is 0 Å². The van der Waals surface area contributed by atoms with E-state index in [1.54, 1.807) is 13.8 Å². The lowest BCUT2D eigenvalue weighted by atomic mass is 10.0. The highest BCUT2D eigenvalue weighted by Crippen LogP contribution is 2.12. The van der Waals surface area contributed by atoms with Gasteiger partial charge in [-0.15, -0.1) is 0 Å². The van der Waals surface area contributed by atoms with Crippen LogP contribution in [0.3, 0.4) is 0 Å². The summed E-state index contributed by atoms with van der Waals surface area (Å²) < 4.78 is 15.1. The smallest absolute Gasteiger partial charge is 0.104 e. The molecule has 2 saturated heterocycles. The number of aliphatic hydroxyl groups is 2. The van der Waals surface area contributed by atoms with Crippen LogP contribution in [-0.2, 0) is 14.2 Å². The third kappa shape index (κ3) is 7.68. The van der Waals surface area contributed by atoms with E-state index in [1.165, 1.54) is 0 Å². The van der Waals surface area contributed by atoms with Gasteiger partial charge in [0.2, 0.25) is 0 Å². The van der Waals surface area contributed by atoms with Crippen molar-refractivity contribution < 1.29 is 24.4 Å². The van der Waals surface area contributed by atoms with E-state index in [1.807, 2.05) is 6.92 Å². The summed E-state index contributed by atoms with van der Waals surface area (Å²) in [5.74, 6) is -0.0185. The number of ether oxygens (including phenoxy) is 3. The molecule has 4 atom stereocenters. The SMILES string of the molecule is C(OCC1CO1)C1CO1.CC(O)C(C)C(C)O. The van der Waals surface area contributed by atoms with E-state index >= 15 is 0 Å². The molecule has 0 spiro atoms. The van der Waals surface area contributed by atoms with Crippen LogP contribution in [0.1, 0.15) is 20.8 Å². The Bertz CT molecular complexity index is 179. The molecule has 102 valence electrons. The van der Waals surface area contributed by atoms with Gasteiger partial charge in [-0.3, -0.25) is 0 Å². The first-order valence-electron chi connectivity index (χ1n) is 6.17. The van der Waals surface area contributed by atoms with Crippen molar-refractivity contribution in [2.45, 2.75) is 45.2 Å². The zero-order valence-corrected chi connectivity index (χ0v) is 10.8. The summed E-state index contributed by atoms with van der Waals surface area (Å²) in [6.07, 6.45) is -0.0301. The first-order valence-corrected chi connectivity index (χ1v) is 6.17. The van der Waals surface area contributed by atoms with Crippen molar-refractivity contribution in [1.29, 1.82) is 0 Å². The Morgan fingerprint density at radius 1 is 1.00 bits per heavy atom. The number of epoxide rings is 2. The van der Waals surface area contributed by atoms with E-state index in [2.05, 4.69) is 0 Å². The fraction of sp³-hybridized carbons (Fsp3) is 1.00. The van der Waals surface area contributed by atoms with Gasteiger partial charge in [-0.25, -0.2) is 0 Å². The third-order valence-electron chi connectivity index (χ3n) is 2.93. The zero-order valence-electron chi connectivity index (χ0n) is 10.8. The Hall–Kier alpha value is -0.200. The summed E-state index contributed by atoms with van der Waals surface area (Å²) >= 11 is 0. The quantitative estimate of drug-likeness (QED) is 0.656. The number of rotatable bonds is 6. The van der Waals surface area contributed by atoms with Crippen LogP contribution < -0.4 is 0 Å². The highest BCUT2D eigenvalue weighted by molar-refractivity contribution is 4.71. The van der Waals surface area contributed by atoms with E-state index < -0.39 is 12.2 Å². The molecular weight excluding hydrogens is 224 g/mol. The van der Waals surface area contributed by atoms with Crippen LogP contribution in [0.5, 0.6) is 0 Å². The Balaban J connectivity index is 0.000000172. The maximum atomic E-state index is 8.83. The van der Waals surface area contributed by atoms with Gasteiger partial charge in [-0.05, 0) is 13.8 Å². The summed E-state index contributed by atoms with van der Waals surface area (Å²) in [6, 6.07) is 0. The summed E-state index contributed by atoms with van der Waals surface area (Å²) in [7, 11) is 0. The molecule has 0 aromatic rings. The predicted molar refractivity (Wildman–Crippen MR) is 62.8 cm³/mol. The third-order valence-corrected chi connectivity index (χ3v) is 2.93. The molecule has 0 radical (unpaired) electrons. The van der Waals surface area contributed by atoms with Gasteiger partial charge in [-0.2, -0.15) is 0 Å². The topological polar surface area (TPSA) is 74.8 Å². The Morgan fingerprint density at radius 2 is 1.35 bits per heavy atom. The van der Waals surface area contributed by atoms with Crippen molar-refractivity contribution in [2.24, 2.45) is 5.92 Å². The molecule has 2 N–H and O–H groups in total. The molecule has 5 heteroatoms. The molecular formula is C12H24O5. The standard InChI is InChI=1S/C6H10O3.C6H14O2/c1(5-3-8-5)7-2-6-4-9-6;1-4(5(2)7)6(3)8/h5-6H,1-4H2;4-8H,1-3H3. The molecule has 5 nitrogen and oxygen atoms in total. The Kier molecular flexibility index (Phi) is 6.37. The van der Waals surface area contributed by atoms with Crippen molar-refractivity contribution >= 4 is 0 Å². The molecule has 0 aromatic carbocycles. The average Bonchev–Trinajstić information content (AvgIpc) is 3.11. The Morgan fingerprint density at radius 3 is 1.53 bits per heavy atom. The number of hydrogen-bond donors (Lipinski definition) is 2. The van der Waals surface area contributed by atoms with Gasteiger partial charge in [0.1, 0.15) is 12.2 Å². The van der Waals surface area contributed by atoms with Gasteiger partial charge < -0.3 is 24.4 Å². The second-order valence-corrected chi connectivity index (χ2v) is 4.79. The van der Waals surface area contributed by atoms with Crippen LogP contribution in [-0.4, -0.2) is 61.1 Å². The van der Waals surface area contributed by atoms with Crippen molar-refractivity contribution in [2.75, 3.05) is 26.4 Å². The van der Waals surface area contributed by atoms with Gasteiger partial charge in [0.05, 0.1) is 38.6 Å². The van der Waals surface area contributed by atoms with Gasteiger partial charge in [0, 0.05) is 5.92 Å². The molecule has 2 fully saturated rings. The van der Waals surface area contributed by atoms with Crippen molar-refractivity contribution in [3.63, 3.8) is 0 Å². The zero-order chi connectivity index (χ0) is 12.8. The minimum atomic E-state index is -0.407. The number of aliphatic hydroxyl groups excluding tert-OH is 2. The van der Waals surface area contributed by atoms with Gasteiger partial charge in [-0.1, -0.05) is 6.92 Å². The lowest BCUT2D eigenvalue weighted by Gasteiger charge is -2.16. The van der Waals surface area contributed by atoms with Crippen LogP contribution in [0.2, 0.25) is 0 Å². The minimum absolute atomic E-state index is 0.0185. The molecule has 0 aliphatic carbocycles. The van der Waals surface area contributed by atoms with Crippen molar-refractivity contribution in [1.82, 2.24) is 0 Å². The van der Waals surface area contributed by atoms with E-state index in [-0.39, 0.29) is 5.92 Å². The molecule has 0 aromatic heterocycles. The molecule has 0 saturated carbocycles. The molecule has 0 amide bonds. The van der Waals surface area contributed by atoms with Crippen LogP contribution in [0.4, 0.5) is 0 Å². The maximum Gasteiger partial charge on any atom is 0.104 e. The molecule has 2 rings (SSSR count). The first kappa shape index (κ1) is 14.9. The monoisotopic (exact) mass is 248 g/mol. The van der Waals surface area contributed by atoms with Crippen LogP contribution in [0, 0.1) is 5.92 Å². The molecule has 17 heavy (non-hydrogen) atoms. The van der Waals surface area contributed by atoms with Gasteiger partial charge >= 0.3 is 0 Å². The summed E-state index contributed by atoms with van der Waals surface area (Å²) in [5.41, 5.74) is 0. The van der Waals surface area contributed by atoms with Gasteiger partial charge in [0.25, 0.3) is 0 Å². The summed E-state index contributed by atoms with van der Waals surface area (Å²) in [6.45, 7) is 8.43. The van der Waals surface area contributed by atoms with Gasteiger partial charge in [0.15, 0.2) is 0 Å². The van der Waals surface area contributed by atoms with E-state index in [0.29, 0.717) is 12.2 Å².